The summed E-state index contributed by atoms with van der Waals surface area (Å²) in [6, 6.07) is 12.2. The summed E-state index contributed by atoms with van der Waals surface area (Å²) in [7, 11) is 0. The second kappa shape index (κ2) is 5.85. The Kier molecular flexibility index (Phi) is 4.09. The van der Waals surface area contributed by atoms with Gasteiger partial charge in [0.25, 0.3) is 5.91 Å². The van der Waals surface area contributed by atoms with Gasteiger partial charge in [0.05, 0.1) is 0 Å². The lowest BCUT2D eigenvalue weighted by Gasteiger charge is -2.19. The first-order valence-electron chi connectivity index (χ1n) is 6.85. The number of fused-ring (bicyclic) bond motifs is 1. The minimum Gasteiger partial charge on any atom is -0.308 e. The zero-order valence-corrected chi connectivity index (χ0v) is 14.4. The van der Waals surface area contributed by atoms with E-state index in [0.29, 0.717) is 0 Å². The number of rotatable bonds is 2. The molecule has 0 aromatic heterocycles. The van der Waals surface area contributed by atoms with Crippen LogP contribution in [0.5, 0.6) is 0 Å². The van der Waals surface area contributed by atoms with Gasteiger partial charge in [-0.2, -0.15) is 0 Å². The minimum atomic E-state index is 0.101. The average Bonchev–Trinajstić information content (AvgIpc) is 2.90. The SMILES string of the molecule is CSc1ccc(C)c(C(=O)N2CCc3cc(Br)ccc32)c1. The van der Waals surface area contributed by atoms with Crippen molar-refractivity contribution in [2.45, 2.75) is 18.2 Å². The van der Waals surface area contributed by atoms with Crippen LogP contribution in [0.25, 0.3) is 0 Å². The molecule has 0 atom stereocenters. The van der Waals surface area contributed by atoms with Crippen molar-refractivity contribution in [1.82, 2.24) is 0 Å². The highest BCUT2D eigenvalue weighted by atomic mass is 79.9. The first-order valence-corrected chi connectivity index (χ1v) is 8.87. The lowest BCUT2D eigenvalue weighted by Crippen LogP contribution is -2.29. The highest BCUT2D eigenvalue weighted by molar-refractivity contribution is 9.10. The van der Waals surface area contributed by atoms with Gasteiger partial charge in [-0.25, -0.2) is 0 Å². The van der Waals surface area contributed by atoms with Crippen LogP contribution in [0.4, 0.5) is 5.69 Å². The largest absolute Gasteiger partial charge is 0.308 e. The third-order valence-corrected chi connectivity index (χ3v) is 5.08. The molecule has 4 heteroatoms. The molecule has 21 heavy (non-hydrogen) atoms. The van der Waals surface area contributed by atoms with E-state index in [9.17, 15) is 4.79 Å². The summed E-state index contributed by atoms with van der Waals surface area (Å²) >= 11 is 5.15. The molecule has 0 bridgehead atoms. The number of thioether (sulfide) groups is 1. The summed E-state index contributed by atoms with van der Waals surface area (Å²) in [4.78, 5) is 15.9. The number of carbonyl (C=O) groups is 1. The van der Waals surface area contributed by atoms with E-state index < -0.39 is 0 Å². The molecule has 2 nitrogen and oxygen atoms in total. The Labute approximate surface area is 137 Å². The van der Waals surface area contributed by atoms with E-state index in [2.05, 4.69) is 28.1 Å². The van der Waals surface area contributed by atoms with Gasteiger partial charge in [-0.15, -0.1) is 11.8 Å². The van der Waals surface area contributed by atoms with Gasteiger partial charge in [-0.3, -0.25) is 4.79 Å². The molecule has 1 amide bonds. The predicted molar refractivity (Wildman–Crippen MR) is 92.5 cm³/mol. The van der Waals surface area contributed by atoms with Gasteiger partial charge in [0.2, 0.25) is 0 Å². The van der Waals surface area contributed by atoms with Gasteiger partial charge in [0.15, 0.2) is 0 Å². The quantitative estimate of drug-likeness (QED) is 0.723. The number of anilines is 1. The summed E-state index contributed by atoms with van der Waals surface area (Å²) in [5, 5.41) is 0. The monoisotopic (exact) mass is 361 g/mol. The van der Waals surface area contributed by atoms with E-state index in [1.54, 1.807) is 11.8 Å². The van der Waals surface area contributed by atoms with Crippen LogP contribution in [0.3, 0.4) is 0 Å². The lowest BCUT2D eigenvalue weighted by atomic mass is 10.1. The number of hydrogen-bond donors (Lipinski definition) is 0. The van der Waals surface area contributed by atoms with Crippen LogP contribution in [-0.2, 0) is 6.42 Å². The van der Waals surface area contributed by atoms with Crippen molar-refractivity contribution < 1.29 is 4.79 Å². The van der Waals surface area contributed by atoms with Crippen molar-refractivity contribution in [1.29, 1.82) is 0 Å². The zero-order valence-electron chi connectivity index (χ0n) is 12.0. The molecule has 0 saturated heterocycles. The Morgan fingerprint density at radius 2 is 2.05 bits per heavy atom. The zero-order chi connectivity index (χ0) is 15.0. The average molecular weight is 362 g/mol. The van der Waals surface area contributed by atoms with Crippen LogP contribution in [0.1, 0.15) is 21.5 Å². The van der Waals surface area contributed by atoms with Crippen molar-refractivity contribution >= 4 is 39.3 Å². The molecule has 0 fully saturated rings. The number of benzene rings is 2. The number of halogens is 1. The second-order valence-electron chi connectivity index (χ2n) is 5.16. The number of carbonyl (C=O) groups excluding carboxylic acids is 1. The maximum atomic E-state index is 12.9. The van der Waals surface area contributed by atoms with Gasteiger partial charge < -0.3 is 4.90 Å². The summed E-state index contributed by atoms with van der Waals surface area (Å²) in [5.74, 6) is 0.101. The molecule has 108 valence electrons. The third kappa shape index (κ3) is 2.74. The fourth-order valence-corrected chi connectivity index (χ4v) is 3.53. The summed E-state index contributed by atoms with van der Waals surface area (Å²) < 4.78 is 1.07. The molecule has 3 rings (SSSR count). The van der Waals surface area contributed by atoms with Crippen LogP contribution in [0, 0.1) is 6.92 Å². The van der Waals surface area contributed by atoms with Crippen molar-refractivity contribution in [3.8, 4) is 0 Å². The predicted octanol–water partition coefficient (Wildman–Crippen LogP) is 4.68. The summed E-state index contributed by atoms with van der Waals surface area (Å²) in [6.07, 6.45) is 2.95. The van der Waals surface area contributed by atoms with Crippen molar-refractivity contribution in [2.24, 2.45) is 0 Å². The molecule has 0 aliphatic carbocycles. The van der Waals surface area contributed by atoms with Gasteiger partial charge in [-0.1, -0.05) is 22.0 Å². The fourth-order valence-electron chi connectivity index (χ4n) is 2.69. The van der Waals surface area contributed by atoms with Gasteiger partial charge in [0, 0.05) is 27.2 Å². The van der Waals surface area contributed by atoms with E-state index in [1.165, 1.54) is 5.56 Å². The van der Waals surface area contributed by atoms with Crippen molar-refractivity contribution in [3.05, 3.63) is 57.6 Å². The molecule has 1 aliphatic rings. The molecule has 1 heterocycles. The smallest absolute Gasteiger partial charge is 0.258 e. The number of nitrogens with zero attached hydrogens (tertiary/aromatic N) is 1. The molecule has 2 aromatic carbocycles. The van der Waals surface area contributed by atoms with Gasteiger partial charge >= 0.3 is 0 Å². The number of aryl methyl sites for hydroxylation is 1. The molecule has 0 saturated carbocycles. The molecule has 1 aliphatic heterocycles. The second-order valence-corrected chi connectivity index (χ2v) is 6.96. The Hall–Kier alpha value is -1.26. The first kappa shape index (κ1) is 14.7. The first-order chi connectivity index (χ1) is 10.1. The van der Waals surface area contributed by atoms with Crippen LogP contribution in [0.15, 0.2) is 45.8 Å². The Morgan fingerprint density at radius 1 is 1.24 bits per heavy atom. The van der Waals surface area contributed by atoms with E-state index in [-0.39, 0.29) is 5.91 Å². The normalized spacial score (nSPS) is 13.4. The molecule has 0 radical (unpaired) electrons. The van der Waals surface area contributed by atoms with Crippen LogP contribution in [-0.4, -0.2) is 18.7 Å². The van der Waals surface area contributed by atoms with Crippen molar-refractivity contribution in [2.75, 3.05) is 17.7 Å². The molecular formula is C17H16BrNOS. The van der Waals surface area contributed by atoms with E-state index in [0.717, 1.165) is 39.1 Å². The summed E-state index contributed by atoms with van der Waals surface area (Å²) in [6.45, 7) is 2.75. The van der Waals surface area contributed by atoms with Crippen LogP contribution < -0.4 is 4.90 Å². The maximum Gasteiger partial charge on any atom is 0.258 e. The van der Waals surface area contributed by atoms with Crippen LogP contribution >= 0.6 is 27.7 Å². The molecule has 0 unspecified atom stereocenters. The molecular weight excluding hydrogens is 346 g/mol. The fraction of sp³-hybridized carbons (Fsp3) is 0.235. The number of amides is 1. The van der Waals surface area contributed by atoms with E-state index in [4.69, 9.17) is 0 Å². The highest BCUT2D eigenvalue weighted by Gasteiger charge is 2.26. The third-order valence-electron chi connectivity index (χ3n) is 3.86. The van der Waals surface area contributed by atoms with Gasteiger partial charge in [-0.05, 0) is 61.1 Å². The molecule has 0 spiro atoms. The Balaban J connectivity index is 1.98. The lowest BCUT2D eigenvalue weighted by molar-refractivity contribution is 0.0988. The molecule has 2 aromatic rings. The van der Waals surface area contributed by atoms with E-state index in [1.807, 2.05) is 42.3 Å². The van der Waals surface area contributed by atoms with Crippen molar-refractivity contribution in [3.63, 3.8) is 0 Å². The molecule has 0 N–H and O–H groups in total. The standard InChI is InChI=1S/C17H16BrNOS/c1-11-3-5-14(21-2)10-15(11)17(20)19-8-7-12-9-13(18)4-6-16(12)19/h3-6,9-10H,7-8H2,1-2H3. The minimum absolute atomic E-state index is 0.101. The van der Waals surface area contributed by atoms with E-state index >= 15 is 0 Å². The topological polar surface area (TPSA) is 20.3 Å². The van der Waals surface area contributed by atoms with Crippen LogP contribution in [0.2, 0.25) is 0 Å². The maximum absolute atomic E-state index is 12.9. The van der Waals surface area contributed by atoms with Gasteiger partial charge in [0.1, 0.15) is 0 Å². The Morgan fingerprint density at radius 3 is 2.81 bits per heavy atom. The highest BCUT2D eigenvalue weighted by Crippen LogP contribution is 2.32. The number of hydrogen-bond acceptors (Lipinski definition) is 2. The Bertz CT molecular complexity index is 714. The summed E-state index contributed by atoms with van der Waals surface area (Å²) in [5.41, 5.74) is 4.11.